The second-order valence-corrected chi connectivity index (χ2v) is 7.76. The fraction of sp³-hybridized carbons (Fsp3) is 0.400. The van der Waals surface area contributed by atoms with E-state index < -0.39 is 10.0 Å². The summed E-state index contributed by atoms with van der Waals surface area (Å²) in [5, 5.41) is 4.92. The molecule has 0 bridgehead atoms. The summed E-state index contributed by atoms with van der Waals surface area (Å²) < 4.78 is 29.1. The number of aryl methyl sites for hydroxylation is 2. The molecule has 1 atom stereocenters. The Morgan fingerprint density at radius 1 is 1.32 bits per heavy atom. The van der Waals surface area contributed by atoms with Crippen LogP contribution >= 0.6 is 11.6 Å². The summed E-state index contributed by atoms with van der Waals surface area (Å²) in [4.78, 5) is 0. The molecule has 0 saturated carbocycles. The van der Waals surface area contributed by atoms with Crippen LogP contribution < -0.4 is 0 Å². The molecule has 1 aliphatic rings. The summed E-state index contributed by atoms with van der Waals surface area (Å²) in [5.74, 6) is 0. The van der Waals surface area contributed by atoms with Crippen molar-refractivity contribution in [2.45, 2.75) is 30.8 Å². The van der Waals surface area contributed by atoms with Crippen LogP contribution in [0.15, 0.2) is 35.5 Å². The maximum Gasteiger partial charge on any atom is 0.261 e. The van der Waals surface area contributed by atoms with Gasteiger partial charge in [0, 0.05) is 24.2 Å². The largest absolute Gasteiger partial charge is 0.261 e. The highest BCUT2D eigenvalue weighted by Crippen LogP contribution is 2.39. The summed E-state index contributed by atoms with van der Waals surface area (Å²) >= 11 is 6.27. The molecular formula is C15H18ClN3O2S. The molecule has 0 N–H and O–H groups in total. The monoisotopic (exact) mass is 339 g/mol. The Kier molecular flexibility index (Phi) is 4.01. The number of halogens is 1. The van der Waals surface area contributed by atoms with Gasteiger partial charge in [-0.2, -0.15) is 9.40 Å². The van der Waals surface area contributed by atoms with Gasteiger partial charge in [0.15, 0.2) is 5.03 Å². The first kappa shape index (κ1) is 15.5. The van der Waals surface area contributed by atoms with E-state index in [0.29, 0.717) is 17.1 Å². The van der Waals surface area contributed by atoms with Gasteiger partial charge in [0.25, 0.3) is 10.0 Å². The molecule has 0 radical (unpaired) electrons. The van der Waals surface area contributed by atoms with E-state index in [-0.39, 0.29) is 11.1 Å². The maximum absolute atomic E-state index is 13.1. The highest BCUT2D eigenvalue weighted by Gasteiger charge is 2.39. The minimum Gasteiger partial charge on any atom is -0.256 e. The highest BCUT2D eigenvalue weighted by atomic mass is 35.5. The second kappa shape index (κ2) is 5.68. The molecule has 1 aliphatic heterocycles. The number of sulfonamides is 1. The van der Waals surface area contributed by atoms with E-state index in [9.17, 15) is 8.42 Å². The molecule has 1 aromatic carbocycles. The van der Waals surface area contributed by atoms with Crippen molar-refractivity contribution in [3.8, 4) is 0 Å². The van der Waals surface area contributed by atoms with Gasteiger partial charge in [-0.1, -0.05) is 29.8 Å². The Morgan fingerprint density at radius 2 is 2.05 bits per heavy atom. The second-order valence-electron chi connectivity index (χ2n) is 5.55. The number of benzene rings is 1. The molecule has 7 heteroatoms. The van der Waals surface area contributed by atoms with Crippen LogP contribution in [0.5, 0.6) is 0 Å². The van der Waals surface area contributed by atoms with Crippen LogP contribution in [-0.2, 0) is 17.1 Å². The van der Waals surface area contributed by atoms with Gasteiger partial charge in [-0.3, -0.25) is 4.68 Å². The Labute approximate surface area is 135 Å². The molecule has 22 heavy (non-hydrogen) atoms. The lowest BCUT2D eigenvalue weighted by atomic mass is 10.1. The van der Waals surface area contributed by atoms with Crippen molar-refractivity contribution in [2.75, 3.05) is 6.54 Å². The number of hydrogen-bond acceptors (Lipinski definition) is 3. The molecule has 1 fully saturated rings. The summed E-state index contributed by atoms with van der Waals surface area (Å²) in [7, 11) is -1.94. The van der Waals surface area contributed by atoms with E-state index >= 15 is 0 Å². The molecule has 2 heterocycles. The number of nitrogens with zero attached hydrogens (tertiary/aromatic N) is 3. The molecule has 2 aromatic rings. The molecule has 1 saturated heterocycles. The zero-order chi connectivity index (χ0) is 15.9. The van der Waals surface area contributed by atoms with Gasteiger partial charge in [0.2, 0.25) is 0 Å². The van der Waals surface area contributed by atoms with Crippen LogP contribution in [0.3, 0.4) is 0 Å². The van der Waals surface area contributed by atoms with Crippen LogP contribution in [0, 0.1) is 6.92 Å². The van der Waals surface area contributed by atoms with Gasteiger partial charge in [-0.15, -0.1) is 0 Å². The molecule has 5 nitrogen and oxygen atoms in total. The van der Waals surface area contributed by atoms with Gasteiger partial charge in [0.1, 0.15) is 0 Å². The van der Waals surface area contributed by atoms with Gasteiger partial charge in [-0.05, 0) is 31.4 Å². The maximum atomic E-state index is 13.1. The zero-order valence-corrected chi connectivity index (χ0v) is 14.1. The van der Waals surface area contributed by atoms with Crippen molar-refractivity contribution in [2.24, 2.45) is 7.05 Å². The van der Waals surface area contributed by atoms with E-state index in [1.165, 1.54) is 4.68 Å². The molecule has 0 spiro atoms. The SMILES string of the molecule is Cc1cnn(C)c1S(=O)(=O)N1CCCC1c1ccccc1Cl. The number of rotatable bonds is 3. The lowest BCUT2D eigenvalue weighted by molar-refractivity contribution is 0.391. The number of aromatic nitrogens is 2. The smallest absolute Gasteiger partial charge is 0.256 e. The molecule has 0 aliphatic carbocycles. The summed E-state index contributed by atoms with van der Waals surface area (Å²) in [6.45, 7) is 2.27. The van der Waals surface area contributed by atoms with Crippen LogP contribution in [0.4, 0.5) is 0 Å². The predicted octanol–water partition coefficient (Wildman–Crippen LogP) is 2.91. The quantitative estimate of drug-likeness (QED) is 0.864. The molecular weight excluding hydrogens is 322 g/mol. The van der Waals surface area contributed by atoms with Crippen LogP contribution in [0.25, 0.3) is 0 Å². The van der Waals surface area contributed by atoms with Crippen molar-refractivity contribution >= 4 is 21.6 Å². The Bertz CT molecular complexity index is 781. The van der Waals surface area contributed by atoms with Crippen molar-refractivity contribution < 1.29 is 8.42 Å². The summed E-state index contributed by atoms with van der Waals surface area (Å²) in [5.41, 5.74) is 1.53. The molecule has 3 rings (SSSR count). The first-order chi connectivity index (χ1) is 10.4. The normalized spacial score (nSPS) is 19.7. The average Bonchev–Trinajstić information content (AvgIpc) is 3.07. The average molecular weight is 340 g/mol. The van der Waals surface area contributed by atoms with Gasteiger partial charge in [0.05, 0.1) is 12.2 Å². The lowest BCUT2D eigenvalue weighted by Crippen LogP contribution is -2.32. The van der Waals surface area contributed by atoms with Gasteiger partial charge < -0.3 is 0 Å². The molecule has 1 unspecified atom stereocenters. The standard InChI is InChI=1S/C15H18ClN3O2S/c1-11-10-17-18(2)15(11)22(20,21)19-9-5-8-14(19)12-6-3-4-7-13(12)16/h3-4,6-7,10,14H,5,8-9H2,1-2H3. The third-order valence-electron chi connectivity index (χ3n) is 4.08. The predicted molar refractivity (Wildman–Crippen MR) is 85.3 cm³/mol. The van der Waals surface area contributed by atoms with Crippen molar-refractivity contribution in [3.05, 3.63) is 46.6 Å². The molecule has 118 valence electrons. The topological polar surface area (TPSA) is 55.2 Å². The first-order valence-electron chi connectivity index (χ1n) is 7.18. The van der Waals surface area contributed by atoms with Gasteiger partial charge in [-0.25, -0.2) is 8.42 Å². The van der Waals surface area contributed by atoms with Gasteiger partial charge >= 0.3 is 0 Å². The third kappa shape index (κ3) is 2.45. The first-order valence-corrected chi connectivity index (χ1v) is 8.99. The van der Waals surface area contributed by atoms with E-state index in [2.05, 4.69) is 5.10 Å². The van der Waals surface area contributed by atoms with Crippen LogP contribution in [0.1, 0.15) is 30.0 Å². The minimum atomic E-state index is -3.60. The van der Waals surface area contributed by atoms with Crippen LogP contribution in [0.2, 0.25) is 5.02 Å². The summed E-state index contributed by atoms with van der Waals surface area (Å²) in [6, 6.07) is 7.23. The third-order valence-corrected chi connectivity index (χ3v) is 6.55. The van der Waals surface area contributed by atoms with Crippen molar-refractivity contribution in [3.63, 3.8) is 0 Å². The fourth-order valence-corrected chi connectivity index (χ4v) is 5.35. The van der Waals surface area contributed by atoms with E-state index in [0.717, 1.165) is 18.4 Å². The highest BCUT2D eigenvalue weighted by molar-refractivity contribution is 7.89. The van der Waals surface area contributed by atoms with E-state index in [4.69, 9.17) is 11.6 Å². The number of hydrogen-bond donors (Lipinski definition) is 0. The van der Waals surface area contributed by atoms with Crippen molar-refractivity contribution in [1.82, 2.24) is 14.1 Å². The van der Waals surface area contributed by atoms with Crippen molar-refractivity contribution in [1.29, 1.82) is 0 Å². The lowest BCUT2D eigenvalue weighted by Gasteiger charge is -2.25. The summed E-state index contributed by atoms with van der Waals surface area (Å²) in [6.07, 6.45) is 3.18. The van der Waals surface area contributed by atoms with E-state index in [1.807, 2.05) is 18.2 Å². The fourth-order valence-electron chi connectivity index (χ4n) is 3.10. The molecule has 1 aromatic heterocycles. The van der Waals surface area contributed by atoms with E-state index in [1.54, 1.807) is 30.5 Å². The Morgan fingerprint density at radius 3 is 2.68 bits per heavy atom. The van der Waals surface area contributed by atoms with Crippen LogP contribution in [-0.4, -0.2) is 29.0 Å². The minimum absolute atomic E-state index is 0.215. The Balaban J connectivity index is 2.06. The zero-order valence-electron chi connectivity index (χ0n) is 12.5. The Hall–Kier alpha value is -1.37. The molecule has 0 amide bonds.